The molecule has 10 aromatic rings. The van der Waals surface area contributed by atoms with Crippen LogP contribution in [0.3, 0.4) is 0 Å². The Bertz CT molecular complexity index is 2790. The van der Waals surface area contributed by atoms with Crippen molar-refractivity contribution in [3.05, 3.63) is 194 Å². The number of anilines is 3. The number of furan rings is 1. The van der Waals surface area contributed by atoms with Crippen LogP contribution in [-0.4, -0.2) is 4.57 Å². The molecule has 10 rings (SSSR count). The summed E-state index contributed by atoms with van der Waals surface area (Å²) in [4.78, 5) is 2.31. The lowest BCUT2D eigenvalue weighted by Gasteiger charge is -2.26. The monoisotopic (exact) mass is 652 g/mol. The Kier molecular flexibility index (Phi) is 6.81. The molecular formula is C48H32N2O. The van der Waals surface area contributed by atoms with E-state index in [1.807, 2.05) is 12.1 Å². The molecule has 240 valence electrons. The summed E-state index contributed by atoms with van der Waals surface area (Å²) < 4.78 is 8.75. The van der Waals surface area contributed by atoms with E-state index in [4.69, 9.17) is 4.42 Å². The predicted molar refractivity (Wildman–Crippen MR) is 214 cm³/mol. The highest BCUT2D eigenvalue weighted by atomic mass is 16.3. The van der Waals surface area contributed by atoms with Crippen LogP contribution in [0.5, 0.6) is 0 Å². The second-order valence-corrected chi connectivity index (χ2v) is 13.0. The van der Waals surface area contributed by atoms with Gasteiger partial charge in [0.2, 0.25) is 0 Å². The molecule has 0 radical (unpaired) electrons. The lowest BCUT2D eigenvalue weighted by Crippen LogP contribution is -2.09. The zero-order chi connectivity index (χ0) is 33.7. The quantitative estimate of drug-likeness (QED) is 0.178. The van der Waals surface area contributed by atoms with Crippen molar-refractivity contribution < 1.29 is 4.42 Å². The van der Waals surface area contributed by atoms with Crippen LogP contribution in [0, 0.1) is 0 Å². The Morgan fingerprint density at radius 1 is 0.353 bits per heavy atom. The van der Waals surface area contributed by atoms with Crippen LogP contribution in [-0.2, 0) is 0 Å². The van der Waals surface area contributed by atoms with Crippen molar-refractivity contribution in [1.82, 2.24) is 4.57 Å². The Morgan fingerprint density at radius 3 is 1.57 bits per heavy atom. The minimum Gasteiger partial charge on any atom is -0.456 e. The zero-order valence-electron chi connectivity index (χ0n) is 27.8. The molecule has 0 unspecified atom stereocenters. The molecule has 0 amide bonds. The summed E-state index contributed by atoms with van der Waals surface area (Å²) in [6.07, 6.45) is 0. The van der Waals surface area contributed by atoms with E-state index >= 15 is 0 Å². The van der Waals surface area contributed by atoms with E-state index in [0.29, 0.717) is 0 Å². The van der Waals surface area contributed by atoms with Crippen LogP contribution >= 0.6 is 0 Å². The maximum absolute atomic E-state index is 6.35. The van der Waals surface area contributed by atoms with Crippen molar-refractivity contribution in [2.45, 2.75) is 0 Å². The van der Waals surface area contributed by atoms with Crippen LogP contribution in [0.25, 0.3) is 71.7 Å². The van der Waals surface area contributed by atoms with Gasteiger partial charge in [0.05, 0.1) is 16.7 Å². The molecule has 0 spiro atoms. The Hall–Kier alpha value is -6.84. The van der Waals surface area contributed by atoms with Gasteiger partial charge in [-0.15, -0.1) is 0 Å². The molecule has 0 saturated heterocycles. The van der Waals surface area contributed by atoms with E-state index < -0.39 is 0 Å². The minimum absolute atomic E-state index is 0.872. The largest absolute Gasteiger partial charge is 0.456 e. The van der Waals surface area contributed by atoms with Crippen LogP contribution < -0.4 is 4.90 Å². The molecule has 0 aliphatic rings. The third kappa shape index (κ3) is 4.90. The summed E-state index contributed by atoms with van der Waals surface area (Å²) in [5.74, 6) is 0. The molecule has 0 atom stereocenters. The number of rotatable bonds is 6. The summed E-state index contributed by atoms with van der Waals surface area (Å²) in [6.45, 7) is 0. The van der Waals surface area contributed by atoms with Gasteiger partial charge in [-0.1, -0.05) is 127 Å². The fraction of sp³-hybridized carbons (Fsp3) is 0. The van der Waals surface area contributed by atoms with Crippen molar-refractivity contribution in [2.75, 3.05) is 4.90 Å². The number of hydrogen-bond acceptors (Lipinski definition) is 2. The average Bonchev–Trinajstić information content (AvgIpc) is 3.74. The average molecular weight is 653 g/mol. The van der Waals surface area contributed by atoms with E-state index in [2.05, 4.69) is 191 Å². The Labute approximate surface area is 295 Å². The molecule has 0 fully saturated rings. The third-order valence-corrected chi connectivity index (χ3v) is 10.0. The van der Waals surface area contributed by atoms with E-state index in [-0.39, 0.29) is 0 Å². The molecule has 0 saturated carbocycles. The summed E-state index contributed by atoms with van der Waals surface area (Å²) in [5.41, 5.74) is 13.2. The van der Waals surface area contributed by atoms with Crippen LogP contribution in [0.2, 0.25) is 0 Å². The molecular weight excluding hydrogens is 621 g/mol. The SMILES string of the molecule is c1ccc(-c2ccc(N(c3ccc(-c4ccccc4-n4c5ccccc5c5ccccc54)cc3)c3ccc4c(c3)oc3ccccc34)cc2)cc1. The summed E-state index contributed by atoms with van der Waals surface area (Å²) in [5, 5.41) is 4.76. The fourth-order valence-corrected chi connectivity index (χ4v) is 7.62. The van der Waals surface area contributed by atoms with Crippen molar-refractivity contribution in [1.29, 1.82) is 0 Å². The molecule has 0 bridgehead atoms. The topological polar surface area (TPSA) is 21.3 Å². The van der Waals surface area contributed by atoms with Crippen LogP contribution in [0.15, 0.2) is 199 Å². The minimum atomic E-state index is 0.872. The number of fused-ring (bicyclic) bond motifs is 6. The van der Waals surface area contributed by atoms with E-state index in [1.165, 1.54) is 38.5 Å². The number of hydrogen-bond donors (Lipinski definition) is 0. The maximum Gasteiger partial charge on any atom is 0.137 e. The van der Waals surface area contributed by atoms with E-state index in [9.17, 15) is 0 Å². The van der Waals surface area contributed by atoms with Gasteiger partial charge in [-0.3, -0.25) is 0 Å². The molecule has 0 aliphatic carbocycles. The summed E-state index contributed by atoms with van der Waals surface area (Å²) in [6, 6.07) is 69.1. The fourth-order valence-electron chi connectivity index (χ4n) is 7.62. The maximum atomic E-state index is 6.35. The van der Waals surface area contributed by atoms with Gasteiger partial charge in [0.25, 0.3) is 0 Å². The summed E-state index contributed by atoms with van der Waals surface area (Å²) in [7, 11) is 0. The van der Waals surface area contributed by atoms with Crippen molar-refractivity contribution in [2.24, 2.45) is 0 Å². The second kappa shape index (κ2) is 11.9. The second-order valence-electron chi connectivity index (χ2n) is 13.0. The van der Waals surface area contributed by atoms with Gasteiger partial charge in [0.1, 0.15) is 11.2 Å². The number of benzene rings is 8. The van der Waals surface area contributed by atoms with Crippen molar-refractivity contribution in [3.63, 3.8) is 0 Å². The van der Waals surface area contributed by atoms with Gasteiger partial charge in [0.15, 0.2) is 0 Å². The molecule has 0 aliphatic heterocycles. The van der Waals surface area contributed by atoms with Crippen molar-refractivity contribution >= 4 is 60.8 Å². The van der Waals surface area contributed by atoms with Crippen LogP contribution in [0.1, 0.15) is 0 Å². The van der Waals surface area contributed by atoms with E-state index in [0.717, 1.165) is 50.3 Å². The normalized spacial score (nSPS) is 11.5. The molecule has 0 N–H and O–H groups in total. The van der Waals surface area contributed by atoms with Crippen molar-refractivity contribution in [3.8, 4) is 27.9 Å². The molecule has 2 aromatic heterocycles. The standard InChI is InChI=1S/C48H32N2O/c1-2-12-33(13-3-1)34-22-26-36(27-23-34)49(38-30-31-43-42-17-7-11-21-47(42)51-48(43)32-38)37-28-24-35(25-29-37)39-14-4-8-18-44(39)50-45-19-9-5-15-40(45)41-16-6-10-20-46(41)50/h1-32H. The van der Waals surface area contributed by atoms with Gasteiger partial charge < -0.3 is 13.9 Å². The molecule has 3 heteroatoms. The number of nitrogens with zero attached hydrogens (tertiary/aromatic N) is 2. The van der Waals surface area contributed by atoms with Gasteiger partial charge in [-0.05, 0) is 77.4 Å². The molecule has 8 aromatic carbocycles. The van der Waals surface area contributed by atoms with Gasteiger partial charge in [-0.25, -0.2) is 0 Å². The third-order valence-electron chi connectivity index (χ3n) is 10.0. The first-order chi connectivity index (χ1) is 25.3. The number of para-hydroxylation sites is 4. The number of aromatic nitrogens is 1. The lowest BCUT2D eigenvalue weighted by atomic mass is 10.0. The molecule has 3 nitrogen and oxygen atoms in total. The van der Waals surface area contributed by atoms with Gasteiger partial charge in [-0.2, -0.15) is 0 Å². The first-order valence-electron chi connectivity index (χ1n) is 17.4. The van der Waals surface area contributed by atoms with Gasteiger partial charge in [0, 0.05) is 50.2 Å². The first-order valence-corrected chi connectivity index (χ1v) is 17.4. The summed E-state index contributed by atoms with van der Waals surface area (Å²) >= 11 is 0. The highest BCUT2D eigenvalue weighted by molar-refractivity contribution is 6.10. The zero-order valence-corrected chi connectivity index (χ0v) is 27.8. The molecule has 51 heavy (non-hydrogen) atoms. The highest BCUT2D eigenvalue weighted by Crippen LogP contribution is 2.41. The Balaban J connectivity index is 1.10. The van der Waals surface area contributed by atoms with Crippen LogP contribution in [0.4, 0.5) is 17.1 Å². The lowest BCUT2D eigenvalue weighted by molar-refractivity contribution is 0.669. The Morgan fingerprint density at radius 2 is 0.863 bits per heavy atom. The predicted octanol–water partition coefficient (Wildman–Crippen LogP) is 13.5. The smallest absolute Gasteiger partial charge is 0.137 e. The van der Waals surface area contributed by atoms with E-state index in [1.54, 1.807) is 0 Å². The first kappa shape index (κ1) is 29.1. The molecule has 2 heterocycles. The van der Waals surface area contributed by atoms with Gasteiger partial charge >= 0.3 is 0 Å². The highest BCUT2D eigenvalue weighted by Gasteiger charge is 2.18.